The van der Waals surface area contributed by atoms with Gasteiger partial charge in [-0.15, -0.1) is 0 Å². The molecule has 20 heavy (non-hydrogen) atoms. The van der Waals surface area contributed by atoms with Crippen LogP contribution in [0.5, 0.6) is 0 Å². The largest absolute Gasteiger partial charge is 0.357 e. The monoisotopic (exact) mass is 300 g/mol. The van der Waals surface area contributed by atoms with Crippen molar-refractivity contribution in [3.8, 4) is 0 Å². The van der Waals surface area contributed by atoms with Crippen LogP contribution in [0.1, 0.15) is 17.3 Å². The summed E-state index contributed by atoms with van der Waals surface area (Å²) in [5.74, 6) is 0.125. The number of hydrogen-bond donors (Lipinski definition) is 1. The molecule has 1 saturated heterocycles. The Hall–Kier alpha value is -1.44. The van der Waals surface area contributed by atoms with Crippen LogP contribution < -0.4 is 4.90 Å². The number of anilines is 1. The van der Waals surface area contributed by atoms with Crippen LogP contribution in [0, 0.1) is 0 Å². The Balaban J connectivity index is 0.000000347. The Morgan fingerprint density at radius 3 is 2.05 bits per heavy atom. The molecule has 2 rings (SSSR count). The number of carbonyl (C=O) groups excluding carboxylic acids is 1. The Bertz CT molecular complexity index is 546. The third-order valence-electron chi connectivity index (χ3n) is 2.80. The number of rotatable bonds is 2. The fourth-order valence-electron chi connectivity index (χ4n) is 1.84. The van der Waals surface area contributed by atoms with Gasteiger partial charge in [-0.3, -0.25) is 14.2 Å². The quantitative estimate of drug-likeness (QED) is 0.651. The number of carbonyl (C=O) groups is 1. The molecule has 0 bridgehead atoms. The molecule has 0 spiro atoms. The SMILES string of the molecule is CC(=O)c1ccc(N2CCN(C)C2)cc1.CS(=O)(=O)O. The van der Waals surface area contributed by atoms with Crippen molar-refractivity contribution in [2.45, 2.75) is 6.92 Å². The maximum absolute atomic E-state index is 11.1. The Labute approximate surface area is 119 Å². The first kappa shape index (κ1) is 16.6. The van der Waals surface area contributed by atoms with Crippen LogP contribution in [0.3, 0.4) is 0 Å². The molecule has 0 radical (unpaired) electrons. The summed E-state index contributed by atoms with van der Waals surface area (Å²) in [6.45, 7) is 4.74. The standard InChI is InChI=1S/C12H16N2O.CH4O3S/c1-10(15)11-3-5-12(6-4-11)14-8-7-13(2)9-14;1-5(2,3)4/h3-6H,7-9H2,1-2H3;1H3,(H,2,3,4). The van der Waals surface area contributed by atoms with Gasteiger partial charge in [-0.05, 0) is 38.2 Å². The van der Waals surface area contributed by atoms with Gasteiger partial charge < -0.3 is 4.90 Å². The van der Waals surface area contributed by atoms with E-state index in [1.165, 1.54) is 5.69 Å². The lowest BCUT2D eigenvalue weighted by Gasteiger charge is -2.18. The molecule has 1 aromatic carbocycles. The highest BCUT2D eigenvalue weighted by atomic mass is 32.2. The van der Waals surface area contributed by atoms with E-state index in [-0.39, 0.29) is 5.78 Å². The van der Waals surface area contributed by atoms with E-state index in [0.29, 0.717) is 6.26 Å². The molecule has 0 atom stereocenters. The average molecular weight is 300 g/mol. The summed E-state index contributed by atoms with van der Waals surface area (Å²) in [6, 6.07) is 7.85. The van der Waals surface area contributed by atoms with E-state index < -0.39 is 10.1 Å². The molecule has 0 amide bonds. The summed E-state index contributed by atoms with van der Waals surface area (Å²) in [4.78, 5) is 15.7. The van der Waals surface area contributed by atoms with Crippen molar-refractivity contribution in [3.63, 3.8) is 0 Å². The molecule has 1 fully saturated rings. The second kappa shape index (κ2) is 6.83. The van der Waals surface area contributed by atoms with E-state index in [9.17, 15) is 13.2 Å². The molecule has 0 unspecified atom stereocenters. The molecule has 6 nitrogen and oxygen atoms in total. The van der Waals surface area contributed by atoms with Crippen molar-refractivity contribution in [3.05, 3.63) is 29.8 Å². The third-order valence-corrected chi connectivity index (χ3v) is 2.80. The van der Waals surface area contributed by atoms with Gasteiger partial charge in [0.15, 0.2) is 5.78 Å². The normalized spacial score (nSPS) is 15.7. The molecule has 0 aromatic heterocycles. The first-order chi connectivity index (χ1) is 9.16. The number of nitrogens with zero attached hydrogens (tertiary/aromatic N) is 2. The van der Waals surface area contributed by atoms with Crippen LogP contribution in [-0.2, 0) is 10.1 Å². The summed E-state index contributed by atoms with van der Waals surface area (Å²) in [5, 5.41) is 0. The minimum Gasteiger partial charge on any atom is -0.357 e. The van der Waals surface area contributed by atoms with Gasteiger partial charge in [0.05, 0.1) is 12.9 Å². The predicted molar refractivity (Wildman–Crippen MR) is 78.8 cm³/mol. The minimum absolute atomic E-state index is 0.125. The summed E-state index contributed by atoms with van der Waals surface area (Å²) >= 11 is 0. The lowest BCUT2D eigenvalue weighted by atomic mass is 10.1. The number of ketones is 1. The molecule has 112 valence electrons. The molecule has 1 heterocycles. The minimum atomic E-state index is -3.67. The first-order valence-electron chi connectivity index (χ1n) is 6.14. The van der Waals surface area contributed by atoms with E-state index in [4.69, 9.17) is 4.55 Å². The molecule has 1 aromatic rings. The second-order valence-electron chi connectivity index (χ2n) is 4.82. The topological polar surface area (TPSA) is 77.9 Å². The Kier molecular flexibility index (Phi) is 5.67. The highest BCUT2D eigenvalue weighted by Crippen LogP contribution is 2.18. The van der Waals surface area contributed by atoms with Crippen molar-refractivity contribution in [1.82, 2.24) is 4.90 Å². The number of Topliss-reactive ketones (excluding diaryl/α,β-unsaturated/α-hetero) is 1. The van der Waals surface area contributed by atoms with Crippen LogP contribution in [0.25, 0.3) is 0 Å². The first-order valence-corrected chi connectivity index (χ1v) is 7.98. The zero-order chi connectivity index (χ0) is 15.3. The number of likely N-dealkylation sites (N-methyl/N-ethyl adjacent to an activating group) is 1. The van der Waals surface area contributed by atoms with Gasteiger partial charge in [0, 0.05) is 24.3 Å². The Morgan fingerprint density at radius 1 is 1.20 bits per heavy atom. The second-order valence-corrected chi connectivity index (χ2v) is 6.29. The van der Waals surface area contributed by atoms with Crippen molar-refractivity contribution in [2.75, 3.05) is 38.0 Å². The van der Waals surface area contributed by atoms with Gasteiger partial charge >= 0.3 is 0 Å². The summed E-state index contributed by atoms with van der Waals surface area (Å²) in [6.07, 6.45) is 0.715. The van der Waals surface area contributed by atoms with Crippen LogP contribution >= 0.6 is 0 Å². The average Bonchev–Trinajstić information content (AvgIpc) is 2.74. The summed E-state index contributed by atoms with van der Waals surface area (Å²) in [7, 11) is -1.55. The highest BCUT2D eigenvalue weighted by molar-refractivity contribution is 7.85. The van der Waals surface area contributed by atoms with Crippen molar-refractivity contribution < 1.29 is 17.8 Å². The molecule has 0 aliphatic carbocycles. The zero-order valence-electron chi connectivity index (χ0n) is 11.9. The van der Waals surface area contributed by atoms with E-state index in [1.807, 2.05) is 24.3 Å². The van der Waals surface area contributed by atoms with Gasteiger partial charge in [-0.2, -0.15) is 8.42 Å². The van der Waals surface area contributed by atoms with Gasteiger partial charge in [0.25, 0.3) is 10.1 Å². The molecular formula is C13H20N2O4S. The highest BCUT2D eigenvalue weighted by Gasteiger charge is 2.16. The molecular weight excluding hydrogens is 280 g/mol. The van der Waals surface area contributed by atoms with Gasteiger partial charge in [-0.25, -0.2) is 0 Å². The van der Waals surface area contributed by atoms with Gasteiger partial charge in [-0.1, -0.05) is 0 Å². The lowest BCUT2D eigenvalue weighted by molar-refractivity contribution is 0.101. The van der Waals surface area contributed by atoms with E-state index in [0.717, 1.165) is 25.3 Å². The van der Waals surface area contributed by atoms with Gasteiger partial charge in [0.2, 0.25) is 0 Å². The van der Waals surface area contributed by atoms with E-state index >= 15 is 0 Å². The fraction of sp³-hybridized carbons (Fsp3) is 0.462. The Morgan fingerprint density at radius 2 is 1.70 bits per heavy atom. The summed E-state index contributed by atoms with van der Waals surface area (Å²) in [5.41, 5.74) is 1.98. The van der Waals surface area contributed by atoms with Crippen LogP contribution in [0.4, 0.5) is 5.69 Å². The number of hydrogen-bond acceptors (Lipinski definition) is 5. The molecule has 1 N–H and O–H groups in total. The molecule has 1 aliphatic heterocycles. The van der Waals surface area contributed by atoms with Crippen LogP contribution in [-0.4, -0.2) is 56.7 Å². The predicted octanol–water partition coefficient (Wildman–Crippen LogP) is 1.10. The maximum atomic E-state index is 11.1. The van der Waals surface area contributed by atoms with Crippen molar-refractivity contribution in [1.29, 1.82) is 0 Å². The van der Waals surface area contributed by atoms with E-state index in [1.54, 1.807) is 6.92 Å². The van der Waals surface area contributed by atoms with Crippen LogP contribution in [0.2, 0.25) is 0 Å². The summed E-state index contributed by atoms with van der Waals surface area (Å²) < 4.78 is 25.9. The third kappa shape index (κ3) is 6.14. The smallest absolute Gasteiger partial charge is 0.261 e. The van der Waals surface area contributed by atoms with Crippen molar-refractivity contribution in [2.24, 2.45) is 0 Å². The zero-order valence-corrected chi connectivity index (χ0v) is 12.7. The molecule has 7 heteroatoms. The molecule has 0 saturated carbocycles. The van der Waals surface area contributed by atoms with E-state index in [2.05, 4.69) is 16.8 Å². The van der Waals surface area contributed by atoms with Crippen molar-refractivity contribution >= 4 is 21.6 Å². The van der Waals surface area contributed by atoms with Gasteiger partial charge in [0.1, 0.15) is 0 Å². The lowest BCUT2D eigenvalue weighted by Crippen LogP contribution is -2.22. The van der Waals surface area contributed by atoms with Crippen LogP contribution in [0.15, 0.2) is 24.3 Å². The number of benzene rings is 1. The maximum Gasteiger partial charge on any atom is 0.261 e. The molecule has 1 aliphatic rings. The fourth-order valence-corrected chi connectivity index (χ4v) is 1.84.